The Kier molecular flexibility index (Phi) is 2.00. The van der Waals surface area contributed by atoms with Crippen LogP contribution in [0.15, 0.2) is 12.1 Å². The number of halogens is 1. The zero-order valence-corrected chi connectivity index (χ0v) is 8.43. The van der Waals surface area contributed by atoms with Crippen molar-refractivity contribution in [1.29, 1.82) is 0 Å². The van der Waals surface area contributed by atoms with E-state index in [4.69, 9.17) is 10.5 Å². The molecular formula is C11H14FNO. The van der Waals surface area contributed by atoms with Crippen LogP contribution in [0.1, 0.15) is 24.0 Å². The number of ether oxygens (including phenoxy) is 1. The molecule has 1 aliphatic carbocycles. The van der Waals surface area contributed by atoms with Crippen LogP contribution in [0.2, 0.25) is 0 Å². The number of benzene rings is 1. The molecule has 0 aliphatic heterocycles. The Morgan fingerprint density at radius 3 is 2.57 bits per heavy atom. The topological polar surface area (TPSA) is 35.2 Å². The zero-order chi connectivity index (χ0) is 10.3. The Morgan fingerprint density at radius 2 is 2.07 bits per heavy atom. The quantitative estimate of drug-likeness (QED) is 0.784. The van der Waals surface area contributed by atoms with E-state index in [1.54, 1.807) is 13.2 Å². The van der Waals surface area contributed by atoms with Crippen molar-refractivity contribution in [2.75, 3.05) is 7.11 Å². The molecule has 1 aliphatic rings. The number of aryl methyl sites for hydroxylation is 1. The van der Waals surface area contributed by atoms with E-state index in [2.05, 4.69) is 0 Å². The van der Waals surface area contributed by atoms with Gasteiger partial charge in [0.25, 0.3) is 0 Å². The Hall–Kier alpha value is -1.09. The fourth-order valence-electron chi connectivity index (χ4n) is 1.77. The fourth-order valence-corrected chi connectivity index (χ4v) is 1.77. The summed E-state index contributed by atoms with van der Waals surface area (Å²) in [4.78, 5) is 0. The van der Waals surface area contributed by atoms with Crippen molar-refractivity contribution in [2.24, 2.45) is 5.73 Å². The summed E-state index contributed by atoms with van der Waals surface area (Å²) in [6, 6.07) is 3.17. The first-order valence-corrected chi connectivity index (χ1v) is 4.71. The molecule has 1 aromatic carbocycles. The lowest BCUT2D eigenvalue weighted by Crippen LogP contribution is -2.21. The number of methoxy groups -OCH3 is 1. The van der Waals surface area contributed by atoms with Gasteiger partial charge in [0, 0.05) is 11.1 Å². The summed E-state index contributed by atoms with van der Waals surface area (Å²) in [5.41, 5.74) is 6.98. The molecule has 1 fully saturated rings. The van der Waals surface area contributed by atoms with Gasteiger partial charge >= 0.3 is 0 Å². The summed E-state index contributed by atoms with van der Waals surface area (Å²) in [6.45, 7) is 1.90. The van der Waals surface area contributed by atoms with E-state index in [1.165, 1.54) is 6.07 Å². The van der Waals surface area contributed by atoms with Crippen molar-refractivity contribution < 1.29 is 9.13 Å². The summed E-state index contributed by atoms with van der Waals surface area (Å²) in [7, 11) is 1.55. The molecule has 0 atom stereocenters. The molecule has 2 N–H and O–H groups in total. The normalized spacial score (nSPS) is 18.0. The third kappa shape index (κ3) is 1.28. The lowest BCUT2D eigenvalue weighted by Gasteiger charge is -2.17. The molecule has 0 aromatic heterocycles. The van der Waals surface area contributed by atoms with Crippen LogP contribution >= 0.6 is 0 Å². The van der Waals surface area contributed by atoms with Crippen molar-refractivity contribution in [3.63, 3.8) is 0 Å². The molecule has 0 spiro atoms. The smallest absolute Gasteiger partial charge is 0.131 e. The standard InChI is InChI=1S/C11H14FNO/c1-7-3-4-8(12)9(10(7)14-2)11(13)5-6-11/h3-4H,5-6,13H2,1-2H3. The van der Waals surface area contributed by atoms with Gasteiger partial charge in [-0.15, -0.1) is 0 Å². The van der Waals surface area contributed by atoms with Gasteiger partial charge in [0.15, 0.2) is 0 Å². The fraction of sp³-hybridized carbons (Fsp3) is 0.455. The van der Waals surface area contributed by atoms with Crippen LogP contribution in [0.25, 0.3) is 0 Å². The Bertz CT molecular complexity index is 372. The average Bonchev–Trinajstić information content (AvgIpc) is 2.88. The van der Waals surface area contributed by atoms with Crippen LogP contribution in [0.4, 0.5) is 4.39 Å². The van der Waals surface area contributed by atoms with Gasteiger partial charge in [0.2, 0.25) is 0 Å². The molecule has 0 amide bonds. The maximum atomic E-state index is 13.6. The van der Waals surface area contributed by atoms with Crippen LogP contribution in [0, 0.1) is 12.7 Å². The van der Waals surface area contributed by atoms with Gasteiger partial charge < -0.3 is 10.5 Å². The van der Waals surface area contributed by atoms with Crippen LogP contribution in [0.5, 0.6) is 5.75 Å². The van der Waals surface area contributed by atoms with Crippen LogP contribution in [-0.2, 0) is 5.54 Å². The van der Waals surface area contributed by atoms with Gasteiger partial charge in [0.05, 0.1) is 7.11 Å². The highest BCUT2D eigenvalue weighted by Crippen LogP contribution is 2.48. The first-order chi connectivity index (χ1) is 6.58. The number of hydrogen-bond acceptors (Lipinski definition) is 2. The second kappa shape index (κ2) is 2.95. The number of rotatable bonds is 2. The molecule has 1 aromatic rings. The SMILES string of the molecule is COc1c(C)ccc(F)c1C1(N)CC1. The van der Waals surface area contributed by atoms with Gasteiger partial charge in [-0.2, -0.15) is 0 Å². The van der Waals surface area contributed by atoms with Crippen molar-refractivity contribution >= 4 is 0 Å². The number of nitrogens with two attached hydrogens (primary N) is 1. The summed E-state index contributed by atoms with van der Waals surface area (Å²) >= 11 is 0. The molecule has 0 saturated heterocycles. The molecule has 14 heavy (non-hydrogen) atoms. The highest BCUT2D eigenvalue weighted by atomic mass is 19.1. The Morgan fingerprint density at radius 1 is 1.43 bits per heavy atom. The summed E-state index contributed by atoms with van der Waals surface area (Å²) in [5.74, 6) is 0.345. The molecule has 3 heteroatoms. The van der Waals surface area contributed by atoms with Crippen molar-refractivity contribution in [2.45, 2.75) is 25.3 Å². The van der Waals surface area contributed by atoms with Crippen LogP contribution < -0.4 is 10.5 Å². The predicted octanol–water partition coefficient (Wildman–Crippen LogP) is 2.09. The monoisotopic (exact) mass is 195 g/mol. The van der Waals surface area contributed by atoms with Gasteiger partial charge in [-0.05, 0) is 31.4 Å². The summed E-state index contributed by atoms with van der Waals surface area (Å²) in [6.07, 6.45) is 1.67. The first kappa shape index (κ1) is 9.46. The van der Waals surface area contributed by atoms with E-state index in [0.717, 1.165) is 18.4 Å². The van der Waals surface area contributed by atoms with Gasteiger partial charge in [-0.25, -0.2) is 4.39 Å². The Labute approximate surface area is 82.9 Å². The zero-order valence-electron chi connectivity index (χ0n) is 8.43. The third-order valence-electron chi connectivity index (χ3n) is 2.79. The highest BCUT2D eigenvalue weighted by molar-refractivity contribution is 5.48. The minimum atomic E-state index is -0.485. The molecule has 1 saturated carbocycles. The minimum absolute atomic E-state index is 0.257. The lowest BCUT2D eigenvalue weighted by molar-refractivity contribution is 0.394. The lowest BCUT2D eigenvalue weighted by atomic mass is 10.0. The average molecular weight is 195 g/mol. The first-order valence-electron chi connectivity index (χ1n) is 4.71. The second-order valence-corrected chi connectivity index (χ2v) is 3.93. The molecule has 76 valence electrons. The van der Waals surface area contributed by atoms with E-state index in [-0.39, 0.29) is 5.82 Å². The van der Waals surface area contributed by atoms with Crippen molar-refractivity contribution in [3.05, 3.63) is 29.1 Å². The maximum Gasteiger partial charge on any atom is 0.131 e. The largest absolute Gasteiger partial charge is 0.496 e. The van der Waals surface area contributed by atoms with E-state index in [9.17, 15) is 4.39 Å². The Balaban J connectivity index is 2.60. The predicted molar refractivity (Wildman–Crippen MR) is 52.8 cm³/mol. The molecule has 0 unspecified atom stereocenters. The van der Waals surface area contributed by atoms with Gasteiger partial charge in [0.1, 0.15) is 11.6 Å². The van der Waals surface area contributed by atoms with E-state index < -0.39 is 5.54 Å². The second-order valence-electron chi connectivity index (χ2n) is 3.93. The molecule has 0 radical (unpaired) electrons. The van der Waals surface area contributed by atoms with E-state index in [0.29, 0.717) is 11.3 Å². The molecule has 0 bridgehead atoms. The van der Waals surface area contributed by atoms with Gasteiger partial charge in [-0.1, -0.05) is 6.07 Å². The van der Waals surface area contributed by atoms with E-state index in [1.807, 2.05) is 6.92 Å². The van der Waals surface area contributed by atoms with E-state index >= 15 is 0 Å². The maximum absolute atomic E-state index is 13.6. The number of hydrogen-bond donors (Lipinski definition) is 1. The van der Waals surface area contributed by atoms with Gasteiger partial charge in [-0.3, -0.25) is 0 Å². The molecule has 0 heterocycles. The highest BCUT2D eigenvalue weighted by Gasteiger charge is 2.44. The summed E-state index contributed by atoms with van der Waals surface area (Å²) < 4.78 is 18.8. The minimum Gasteiger partial charge on any atom is -0.496 e. The summed E-state index contributed by atoms with van der Waals surface area (Å²) in [5, 5.41) is 0. The third-order valence-corrected chi connectivity index (χ3v) is 2.79. The molecular weight excluding hydrogens is 181 g/mol. The molecule has 2 rings (SSSR count). The van der Waals surface area contributed by atoms with Crippen LogP contribution in [0.3, 0.4) is 0 Å². The van der Waals surface area contributed by atoms with Crippen molar-refractivity contribution in [1.82, 2.24) is 0 Å². The molecule has 2 nitrogen and oxygen atoms in total. The van der Waals surface area contributed by atoms with Crippen LogP contribution in [-0.4, -0.2) is 7.11 Å². The van der Waals surface area contributed by atoms with Crippen molar-refractivity contribution in [3.8, 4) is 5.75 Å².